The maximum absolute atomic E-state index is 10.6. The number of hydrogen-bond donors (Lipinski definition) is 2. The molecule has 0 aliphatic rings. The summed E-state index contributed by atoms with van der Waals surface area (Å²) in [6.07, 6.45) is 0. The van der Waals surface area contributed by atoms with Gasteiger partial charge in [-0.1, -0.05) is 13.8 Å². The first-order chi connectivity index (χ1) is 6.99. The molecule has 0 unspecified atom stereocenters. The third-order valence-corrected chi connectivity index (χ3v) is 1.87. The molecule has 5 nitrogen and oxygen atoms in total. The zero-order valence-corrected chi connectivity index (χ0v) is 8.86. The second-order valence-corrected chi connectivity index (χ2v) is 3.85. The number of nitrogens with zero attached hydrogens (tertiary/aromatic N) is 1. The number of benzene rings is 1. The molecule has 0 aliphatic heterocycles. The molecule has 0 aromatic heterocycles. The molecule has 82 valence electrons. The molecule has 0 fully saturated rings. The molecule has 0 atom stereocenters. The normalized spacial score (nSPS) is 10.3. The first kappa shape index (κ1) is 11.3. The number of nitro benzene ring substituents is 1. The number of nitro groups is 1. The molecular formula is C10H15N3O2. The third-order valence-electron chi connectivity index (χ3n) is 1.87. The van der Waals surface area contributed by atoms with Crippen molar-refractivity contribution in [3.05, 3.63) is 28.3 Å². The monoisotopic (exact) mass is 209 g/mol. The number of nitrogen functional groups attached to an aromatic ring is 1. The van der Waals surface area contributed by atoms with Gasteiger partial charge in [0.25, 0.3) is 5.69 Å². The Labute approximate surface area is 88.4 Å². The maximum Gasteiger partial charge on any atom is 0.273 e. The highest BCUT2D eigenvalue weighted by Crippen LogP contribution is 2.22. The van der Waals surface area contributed by atoms with Crippen LogP contribution in [0.25, 0.3) is 0 Å². The van der Waals surface area contributed by atoms with Gasteiger partial charge in [0, 0.05) is 30.1 Å². The summed E-state index contributed by atoms with van der Waals surface area (Å²) in [5, 5.41) is 13.7. The van der Waals surface area contributed by atoms with Crippen molar-refractivity contribution in [1.29, 1.82) is 0 Å². The van der Waals surface area contributed by atoms with E-state index in [1.54, 1.807) is 6.07 Å². The summed E-state index contributed by atoms with van der Waals surface area (Å²) >= 11 is 0. The van der Waals surface area contributed by atoms with Crippen molar-refractivity contribution < 1.29 is 4.92 Å². The number of anilines is 2. The average Bonchev–Trinajstić information content (AvgIpc) is 2.13. The van der Waals surface area contributed by atoms with Crippen LogP contribution >= 0.6 is 0 Å². The van der Waals surface area contributed by atoms with Gasteiger partial charge in [0.05, 0.1) is 4.92 Å². The molecule has 0 bridgehead atoms. The van der Waals surface area contributed by atoms with Gasteiger partial charge in [0.1, 0.15) is 0 Å². The smallest absolute Gasteiger partial charge is 0.273 e. The van der Waals surface area contributed by atoms with Gasteiger partial charge in [-0.3, -0.25) is 10.1 Å². The topological polar surface area (TPSA) is 81.2 Å². The number of nitrogens with two attached hydrogens (primary N) is 1. The molecule has 0 spiro atoms. The molecule has 15 heavy (non-hydrogen) atoms. The van der Waals surface area contributed by atoms with E-state index in [-0.39, 0.29) is 5.69 Å². The minimum absolute atomic E-state index is 0.0151. The van der Waals surface area contributed by atoms with Crippen LogP contribution in [0.4, 0.5) is 17.1 Å². The van der Waals surface area contributed by atoms with E-state index in [0.29, 0.717) is 17.3 Å². The molecular weight excluding hydrogens is 194 g/mol. The largest absolute Gasteiger partial charge is 0.398 e. The van der Waals surface area contributed by atoms with Crippen molar-refractivity contribution in [2.75, 3.05) is 17.6 Å². The number of nitrogens with one attached hydrogen (secondary N) is 1. The van der Waals surface area contributed by atoms with E-state index in [1.807, 2.05) is 0 Å². The molecule has 0 saturated carbocycles. The Kier molecular flexibility index (Phi) is 3.49. The Morgan fingerprint density at radius 1 is 1.47 bits per heavy atom. The quantitative estimate of drug-likeness (QED) is 0.452. The lowest BCUT2D eigenvalue weighted by atomic mass is 10.2. The summed E-state index contributed by atoms with van der Waals surface area (Å²) in [7, 11) is 0. The minimum Gasteiger partial charge on any atom is -0.398 e. The van der Waals surface area contributed by atoms with Crippen molar-refractivity contribution >= 4 is 17.1 Å². The summed E-state index contributed by atoms with van der Waals surface area (Å²) in [4.78, 5) is 10.1. The van der Waals surface area contributed by atoms with Crippen molar-refractivity contribution in [2.45, 2.75) is 13.8 Å². The Morgan fingerprint density at radius 2 is 2.13 bits per heavy atom. The van der Waals surface area contributed by atoms with Crippen LogP contribution in [0.1, 0.15) is 13.8 Å². The minimum atomic E-state index is -0.448. The first-order valence-electron chi connectivity index (χ1n) is 4.78. The Hall–Kier alpha value is -1.78. The predicted molar refractivity (Wildman–Crippen MR) is 60.8 cm³/mol. The van der Waals surface area contributed by atoms with Crippen LogP contribution in [-0.4, -0.2) is 11.5 Å². The SMILES string of the molecule is CC(C)CNc1cc(N)cc([N+](=O)[O-])c1. The van der Waals surface area contributed by atoms with Crippen LogP contribution < -0.4 is 11.1 Å². The van der Waals surface area contributed by atoms with Crippen LogP contribution in [0, 0.1) is 16.0 Å². The van der Waals surface area contributed by atoms with Crippen LogP contribution in [0.2, 0.25) is 0 Å². The summed E-state index contributed by atoms with van der Waals surface area (Å²) in [5.74, 6) is 0.477. The summed E-state index contributed by atoms with van der Waals surface area (Å²) in [6, 6.07) is 4.52. The molecule has 3 N–H and O–H groups in total. The molecule has 0 saturated heterocycles. The van der Waals surface area contributed by atoms with E-state index in [2.05, 4.69) is 19.2 Å². The zero-order chi connectivity index (χ0) is 11.4. The van der Waals surface area contributed by atoms with Crippen LogP contribution in [-0.2, 0) is 0 Å². The molecule has 0 radical (unpaired) electrons. The standard InChI is InChI=1S/C10H15N3O2/c1-7(2)6-12-9-3-8(11)4-10(5-9)13(14)15/h3-5,7,12H,6,11H2,1-2H3. The van der Waals surface area contributed by atoms with Crippen LogP contribution in [0.5, 0.6) is 0 Å². The second kappa shape index (κ2) is 4.63. The van der Waals surface area contributed by atoms with Gasteiger partial charge in [0.15, 0.2) is 0 Å². The van der Waals surface area contributed by atoms with Gasteiger partial charge in [-0.2, -0.15) is 0 Å². The molecule has 5 heteroatoms. The average molecular weight is 209 g/mol. The van der Waals surface area contributed by atoms with Crippen molar-refractivity contribution in [1.82, 2.24) is 0 Å². The highest BCUT2D eigenvalue weighted by atomic mass is 16.6. The lowest BCUT2D eigenvalue weighted by Crippen LogP contribution is -2.08. The van der Waals surface area contributed by atoms with Crippen molar-refractivity contribution in [2.24, 2.45) is 5.92 Å². The van der Waals surface area contributed by atoms with Gasteiger partial charge in [-0.05, 0) is 12.0 Å². The fourth-order valence-electron chi connectivity index (χ4n) is 1.16. The van der Waals surface area contributed by atoms with E-state index >= 15 is 0 Å². The maximum atomic E-state index is 10.6. The number of rotatable bonds is 4. The number of non-ortho nitro benzene ring substituents is 1. The lowest BCUT2D eigenvalue weighted by molar-refractivity contribution is -0.384. The summed E-state index contributed by atoms with van der Waals surface area (Å²) in [6.45, 7) is 4.89. The second-order valence-electron chi connectivity index (χ2n) is 3.85. The highest BCUT2D eigenvalue weighted by molar-refractivity contribution is 5.61. The molecule has 0 amide bonds. The van der Waals surface area contributed by atoms with Gasteiger partial charge in [0.2, 0.25) is 0 Å². The van der Waals surface area contributed by atoms with E-state index in [1.165, 1.54) is 12.1 Å². The molecule has 1 rings (SSSR count). The Balaban J connectivity index is 2.84. The van der Waals surface area contributed by atoms with Crippen molar-refractivity contribution in [3.8, 4) is 0 Å². The van der Waals surface area contributed by atoms with Gasteiger partial charge >= 0.3 is 0 Å². The van der Waals surface area contributed by atoms with Gasteiger partial charge in [-0.15, -0.1) is 0 Å². The summed E-state index contributed by atoms with van der Waals surface area (Å²) < 4.78 is 0. The highest BCUT2D eigenvalue weighted by Gasteiger charge is 2.08. The third kappa shape index (κ3) is 3.46. The summed E-state index contributed by atoms with van der Waals surface area (Å²) in [5.41, 5.74) is 6.66. The molecule has 0 aliphatic carbocycles. The molecule has 1 aromatic carbocycles. The van der Waals surface area contributed by atoms with E-state index < -0.39 is 4.92 Å². The van der Waals surface area contributed by atoms with E-state index in [4.69, 9.17) is 5.73 Å². The fraction of sp³-hybridized carbons (Fsp3) is 0.400. The Bertz CT molecular complexity index is 364. The van der Waals surface area contributed by atoms with Gasteiger partial charge in [-0.25, -0.2) is 0 Å². The number of hydrogen-bond acceptors (Lipinski definition) is 4. The van der Waals surface area contributed by atoms with Crippen molar-refractivity contribution in [3.63, 3.8) is 0 Å². The lowest BCUT2D eigenvalue weighted by Gasteiger charge is -2.09. The van der Waals surface area contributed by atoms with Crippen LogP contribution in [0.3, 0.4) is 0 Å². The van der Waals surface area contributed by atoms with E-state index in [9.17, 15) is 10.1 Å². The van der Waals surface area contributed by atoms with Gasteiger partial charge < -0.3 is 11.1 Å². The molecule has 1 aromatic rings. The predicted octanol–water partition coefficient (Wildman–Crippen LogP) is 2.24. The van der Waals surface area contributed by atoms with Crippen LogP contribution in [0.15, 0.2) is 18.2 Å². The molecule has 0 heterocycles. The fourth-order valence-corrected chi connectivity index (χ4v) is 1.16. The Morgan fingerprint density at radius 3 is 2.67 bits per heavy atom. The zero-order valence-electron chi connectivity index (χ0n) is 8.86. The van der Waals surface area contributed by atoms with E-state index in [0.717, 1.165) is 6.54 Å². The first-order valence-corrected chi connectivity index (χ1v) is 4.78.